The van der Waals surface area contributed by atoms with Gasteiger partial charge in [-0.2, -0.15) is 0 Å². The zero-order valence-corrected chi connectivity index (χ0v) is 10.6. The molecule has 1 saturated heterocycles. The van der Waals surface area contributed by atoms with Gasteiger partial charge >= 0.3 is 0 Å². The number of rotatable bonds is 3. The van der Waals surface area contributed by atoms with Crippen LogP contribution in [-0.2, 0) is 4.74 Å². The number of nitrogens with two attached hydrogens (primary N) is 1. The minimum absolute atomic E-state index is 0.0756. The molecule has 0 aromatic carbocycles. The highest BCUT2D eigenvalue weighted by Gasteiger charge is 2.32. The molecule has 1 aromatic rings. The van der Waals surface area contributed by atoms with Crippen molar-refractivity contribution in [1.29, 1.82) is 0 Å². The molecule has 0 spiro atoms. The largest absolute Gasteiger partial charge is 0.374 e. The van der Waals surface area contributed by atoms with E-state index >= 15 is 0 Å². The molecule has 2 unspecified atom stereocenters. The predicted octanol–water partition coefficient (Wildman–Crippen LogP) is 1.11. The summed E-state index contributed by atoms with van der Waals surface area (Å²) in [4.78, 5) is 6.66. The molecule has 1 aliphatic rings. The van der Waals surface area contributed by atoms with Gasteiger partial charge in [-0.3, -0.25) is 9.88 Å². The van der Waals surface area contributed by atoms with Crippen molar-refractivity contribution in [1.82, 2.24) is 9.88 Å². The fourth-order valence-corrected chi connectivity index (χ4v) is 2.52. The van der Waals surface area contributed by atoms with E-state index in [4.69, 9.17) is 10.5 Å². The van der Waals surface area contributed by atoms with Crippen LogP contribution in [0.5, 0.6) is 0 Å². The average molecular weight is 235 g/mol. The lowest BCUT2D eigenvalue weighted by molar-refractivity contribution is -0.0661. The summed E-state index contributed by atoms with van der Waals surface area (Å²) in [6.07, 6.45) is 3.85. The minimum Gasteiger partial charge on any atom is -0.374 e. The van der Waals surface area contributed by atoms with Gasteiger partial charge in [0, 0.05) is 25.5 Å². The monoisotopic (exact) mass is 235 g/mol. The van der Waals surface area contributed by atoms with Crippen LogP contribution in [0.25, 0.3) is 0 Å². The second-order valence-corrected chi connectivity index (χ2v) is 4.45. The van der Waals surface area contributed by atoms with Crippen molar-refractivity contribution in [2.24, 2.45) is 5.73 Å². The van der Waals surface area contributed by atoms with E-state index in [-0.39, 0.29) is 12.1 Å². The number of nitrogens with zero attached hydrogens (tertiary/aromatic N) is 2. The van der Waals surface area contributed by atoms with E-state index in [9.17, 15) is 0 Å². The minimum atomic E-state index is 0.0756. The second kappa shape index (κ2) is 5.58. The Morgan fingerprint density at radius 3 is 3.06 bits per heavy atom. The fraction of sp³-hybridized carbons (Fsp3) is 0.615. The molecule has 0 amide bonds. The Kier molecular flexibility index (Phi) is 4.10. The lowest BCUT2D eigenvalue weighted by Crippen LogP contribution is -2.48. The molecule has 4 nitrogen and oxygen atoms in total. The third-order valence-corrected chi connectivity index (χ3v) is 3.49. The van der Waals surface area contributed by atoms with Gasteiger partial charge in [0.15, 0.2) is 0 Å². The summed E-state index contributed by atoms with van der Waals surface area (Å²) in [6, 6.07) is 2.29. The fourth-order valence-electron chi connectivity index (χ4n) is 2.52. The van der Waals surface area contributed by atoms with Crippen LogP contribution in [0.2, 0.25) is 0 Å². The molecular weight excluding hydrogens is 214 g/mol. The number of hydrogen-bond acceptors (Lipinski definition) is 4. The van der Waals surface area contributed by atoms with Gasteiger partial charge in [-0.15, -0.1) is 0 Å². The molecule has 1 aliphatic heterocycles. The molecule has 17 heavy (non-hydrogen) atoms. The number of hydrogen-bond donors (Lipinski definition) is 1. The summed E-state index contributed by atoms with van der Waals surface area (Å²) in [5, 5.41) is 0. The van der Waals surface area contributed by atoms with Crippen molar-refractivity contribution in [3.8, 4) is 0 Å². The lowest BCUT2D eigenvalue weighted by Gasteiger charge is -2.41. The topological polar surface area (TPSA) is 51.4 Å². The third-order valence-electron chi connectivity index (χ3n) is 3.49. The predicted molar refractivity (Wildman–Crippen MR) is 67.8 cm³/mol. The molecule has 2 rings (SSSR count). The summed E-state index contributed by atoms with van der Waals surface area (Å²) in [6.45, 7) is 7.59. The molecule has 0 aliphatic carbocycles. The number of ether oxygens (including phenoxy) is 1. The summed E-state index contributed by atoms with van der Waals surface area (Å²) in [5.41, 5.74) is 8.32. The van der Waals surface area contributed by atoms with Crippen LogP contribution in [0.15, 0.2) is 18.5 Å². The first kappa shape index (κ1) is 12.5. The van der Waals surface area contributed by atoms with Gasteiger partial charge in [0.05, 0.1) is 18.8 Å². The average Bonchev–Trinajstić information content (AvgIpc) is 2.38. The molecule has 1 fully saturated rings. The number of aromatic nitrogens is 1. The molecular formula is C13H21N3O. The highest BCUT2D eigenvalue weighted by atomic mass is 16.5. The van der Waals surface area contributed by atoms with E-state index < -0.39 is 0 Å². The van der Waals surface area contributed by atoms with Crippen molar-refractivity contribution in [2.75, 3.05) is 26.2 Å². The van der Waals surface area contributed by atoms with Gasteiger partial charge in [0.1, 0.15) is 0 Å². The molecule has 1 aromatic heterocycles. The van der Waals surface area contributed by atoms with Crippen LogP contribution in [0.4, 0.5) is 0 Å². The molecule has 4 heteroatoms. The number of aryl methyl sites for hydroxylation is 1. The van der Waals surface area contributed by atoms with Gasteiger partial charge in [-0.1, -0.05) is 6.92 Å². The highest BCUT2D eigenvalue weighted by molar-refractivity contribution is 5.26. The summed E-state index contributed by atoms with van der Waals surface area (Å²) < 4.78 is 5.79. The second-order valence-electron chi connectivity index (χ2n) is 4.45. The van der Waals surface area contributed by atoms with Crippen molar-refractivity contribution in [3.05, 3.63) is 29.6 Å². The Labute approximate surface area is 103 Å². The first-order valence-electron chi connectivity index (χ1n) is 6.24. The summed E-state index contributed by atoms with van der Waals surface area (Å²) >= 11 is 0. The lowest BCUT2D eigenvalue weighted by atomic mass is 9.96. The van der Waals surface area contributed by atoms with Gasteiger partial charge < -0.3 is 10.5 Å². The van der Waals surface area contributed by atoms with E-state index in [2.05, 4.69) is 23.7 Å². The zero-order valence-electron chi connectivity index (χ0n) is 10.6. The smallest absolute Gasteiger partial charge is 0.0895 e. The van der Waals surface area contributed by atoms with Crippen LogP contribution in [-0.4, -0.2) is 42.2 Å². The normalized spacial score (nSPS) is 26.1. The van der Waals surface area contributed by atoms with Crippen molar-refractivity contribution in [2.45, 2.75) is 26.0 Å². The molecule has 2 N–H and O–H groups in total. The Morgan fingerprint density at radius 2 is 2.41 bits per heavy atom. The first-order chi connectivity index (χ1) is 8.27. The van der Waals surface area contributed by atoms with Crippen molar-refractivity contribution < 1.29 is 4.74 Å². The third kappa shape index (κ3) is 2.49. The van der Waals surface area contributed by atoms with E-state index in [1.54, 1.807) is 0 Å². The molecule has 2 heterocycles. The molecule has 2 atom stereocenters. The van der Waals surface area contributed by atoms with Crippen LogP contribution in [0, 0.1) is 6.92 Å². The van der Waals surface area contributed by atoms with Crippen LogP contribution in [0.1, 0.15) is 24.1 Å². The standard InChI is InChI=1S/C13H21N3O/c1-3-16-6-7-17-12(8-14)13(16)11-9-15-5-4-10(11)2/h4-5,9,12-13H,3,6-8,14H2,1-2H3. The number of likely N-dealkylation sites (N-methyl/N-ethyl adjacent to an activating group) is 1. The number of morpholine rings is 1. The first-order valence-corrected chi connectivity index (χ1v) is 6.24. The summed E-state index contributed by atoms with van der Waals surface area (Å²) in [5.74, 6) is 0. The molecule has 94 valence electrons. The van der Waals surface area contributed by atoms with Gasteiger partial charge in [-0.25, -0.2) is 0 Å². The Hall–Kier alpha value is -0.970. The van der Waals surface area contributed by atoms with Crippen LogP contribution in [0.3, 0.4) is 0 Å². The van der Waals surface area contributed by atoms with Gasteiger partial charge in [-0.05, 0) is 30.7 Å². The maximum absolute atomic E-state index is 5.83. The van der Waals surface area contributed by atoms with Crippen molar-refractivity contribution in [3.63, 3.8) is 0 Å². The van der Waals surface area contributed by atoms with E-state index in [1.165, 1.54) is 11.1 Å². The maximum Gasteiger partial charge on any atom is 0.0895 e. The molecule has 0 bridgehead atoms. The summed E-state index contributed by atoms with van der Waals surface area (Å²) in [7, 11) is 0. The Balaban J connectivity index is 2.33. The van der Waals surface area contributed by atoms with Crippen LogP contribution >= 0.6 is 0 Å². The Bertz CT molecular complexity index is 357. The zero-order chi connectivity index (χ0) is 12.3. The van der Waals surface area contributed by atoms with Crippen molar-refractivity contribution >= 4 is 0 Å². The van der Waals surface area contributed by atoms with Gasteiger partial charge in [0.25, 0.3) is 0 Å². The van der Waals surface area contributed by atoms with Crippen LogP contribution < -0.4 is 5.73 Å². The SMILES string of the molecule is CCN1CCOC(CN)C1c1cnccc1C. The quantitative estimate of drug-likeness (QED) is 0.852. The van der Waals surface area contributed by atoms with E-state index in [1.807, 2.05) is 18.5 Å². The molecule has 0 radical (unpaired) electrons. The highest BCUT2D eigenvalue weighted by Crippen LogP contribution is 2.30. The number of pyridine rings is 1. The molecule has 0 saturated carbocycles. The van der Waals surface area contributed by atoms with Gasteiger partial charge in [0.2, 0.25) is 0 Å². The van der Waals surface area contributed by atoms with E-state index in [0.717, 1.165) is 19.7 Å². The Morgan fingerprint density at radius 1 is 1.59 bits per heavy atom. The van der Waals surface area contributed by atoms with E-state index in [0.29, 0.717) is 6.54 Å². The maximum atomic E-state index is 5.83.